The van der Waals surface area contributed by atoms with Crippen LogP contribution in [0.3, 0.4) is 0 Å². The summed E-state index contributed by atoms with van der Waals surface area (Å²) >= 11 is 0. The van der Waals surface area contributed by atoms with Crippen molar-refractivity contribution in [2.45, 2.75) is 38.1 Å². The lowest BCUT2D eigenvalue weighted by atomic mass is 9.79. The predicted molar refractivity (Wildman–Crippen MR) is 86.7 cm³/mol. The van der Waals surface area contributed by atoms with Crippen molar-refractivity contribution in [3.05, 3.63) is 65.2 Å². The number of rotatable bonds is 5. The third-order valence-corrected chi connectivity index (χ3v) is 4.40. The zero-order chi connectivity index (χ0) is 14.7. The zero-order valence-corrected chi connectivity index (χ0v) is 12.6. The van der Waals surface area contributed by atoms with Crippen molar-refractivity contribution in [1.82, 2.24) is 0 Å². The molecule has 2 N–H and O–H groups in total. The maximum Gasteiger partial charge on any atom is 0.119 e. The van der Waals surface area contributed by atoms with Crippen LogP contribution in [-0.4, -0.2) is 6.61 Å². The molecule has 110 valence electrons. The number of nitrogens with two attached hydrogens (primary N) is 1. The average Bonchev–Trinajstić information content (AvgIpc) is 2.46. The van der Waals surface area contributed by atoms with Gasteiger partial charge in [0.2, 0.25) is 0 Å². The molecule has 0 radical (unpaired) electrons. The van der Waals surface area contributed by atoms with E-state index >= 15 is 0 Å². The molecule has 0 amide bonds. The Balaban J connectivity index is 1.78. The number of benzene rings is 2. The van der Waals surface area contributed by atoms with Gasteiger partial charge in [-0.15, -0.1) is 0 Å². The SMILES string of the molecule is CCOc1ccc(C(N)c2cccc(C3CCC3)c2)cc1. The van der Waals surface area contributed by atoms with E-state index in [1.165, 1.54) is 30.4 Å². The molecule has 0 heterocycles. The first-order valence-electron chi connectivity index (χ1n) is 7.86. The monoisotopic (exact) mass is 281 g/mol. The van der Waals surface area contributed by atoms with E-state index in [-0.39, 0.29) is 6.04 Å². The van der Waals surface area contributed by atoms with E-state index in [0.717, 1.165) is 17.2 Å². The van der Waals surface area contributed by atoms with Gasteiger partial charge in [0.05, 0.1) is 12.6 Å². The minimum absolute atomic E-state index is 0.0688. The molecule has 1 saturated carbocycles. The first-order valence-corrected chi connectivity index (χ1v) is 7.86. The van der Waals surface area contributed by atoms with E-state index in [9.17, 15) is 0 Å². The second-order valence-electron chi connectivity index (χ2n) is 5.78. The van der Waals surface area contributed by atoms with Crippen LogP contribution >= 0.6 is 0 Å². The number of hydrogen-bond acceptors (Lipinski definition) is 2. The Morgan fingerprint density at radius 1 is 1.10 bits per heavy atom. The summed E-state index contributed by atoms with van der Waals surface area (Å²) in [5.74, 6) is 1.65. The average molecular weight is 281 g/mol. The van der Waals surface area contributed by atoms with Crippen LogP contribution in [0.2, 0.25) is 0 Å². The fourth-order valence-electron chi connectivity index (χ4n) is 2.88. The largest absolute Gasteiger partial charge is 0.494 e. The van der Waals surface area contributed by atoms with Gasteiger partial charge in [0, 0.05) is 0 Å². The molecular weight excluding hydrogens is 258 g/mol. The summed E-state index contributed by atoms with van der Waals surface area (Å²) in [5, 5.41) is 0. The van der Waals surface area contributed by atoms with E-state index in [4.69, 9.17) is 10.5 Å². The molecule has 0 aromatic heterocycles. The molecule has 1 aliphatic rings. The summed E-state index contributed by atoms with van der Waals surface area (Å²) in [6.07, 6.45) is 4.00. The van der Waals surface area contributed by atoms with Crippen LogP contribution in [0, 0.1) is 0 Å². The van der Waals surface area contributed by atoms with E-state index < -0.39 is 0 Å². The van der Waals surface area contributed by atoms with E-state index in [1.54, 1.807) is 0 Å². The summed E-state index contributed by atoms with van der Waals surface area (Å²) in [4.78, 5) is 0. The Morgan fingerprint density at radius 3 is 2.48 bits per heavy atom. The van der Waals surface area contributed by atoms with Crippen molar-refractivity contribution in [2.24, 2.45) is 5.73 Å². The van der Waals surface area contributed by atoms with Crippen molar-refractivity contribution < 1.29 is 4.74 Å². The molecule has 1 unspecified atom stereocenters. The summed E-state index contributed by atoms with van der Waals surface area (Å²) in [5.41, 5.74) is 10.2. The zero-order valence-electron chi connectivity index (χ0n) is 12.6. The molecule has 2 nitrogen and oxygen atoms in total. The van der Waals surface area contributed by atoms with Crippen molar-refractivity contribution >= 4 is 0 Å². The minimum Gasteiger partial charge on any atom is -0.494 e. The van der Waals surface area contributed by atoms with Gasteiger partial charge < -0.3 is 10.5 Å². The molecule has 1 atom stereocenters. The van der Waals surface area contributed by atoms with E-state index in [2.05, 4.69) is 36.4 Å². The van der Waals surface area contributed by atoms with Crippen LogP contribution in [0.15, 0.2) is 48.5 Å². The summed E-state index contributed by atoms with van der Waals surface area (Å²) in [6.45, 7) is 2.68. The van der Waals surface area contributed by atoms with Gasteiger partial charge in [0.25, 0.3) is 0 Å². The molecule has 0 spiro atoms. The molecule has 2 aromatic rings. The van der Waals surface area contributed by atoms with Crippen LogP contribution < -0.4 is 10.5 Å². The van der Waals surface area contributed by atoms with Crippen LogP contribution in [-0.2, 0) is 0 Å². The Morgan fingerprint density at radius 2 is 1.86 bits per heavy atom. The van der Waals surface area contributed by atoms with Crippen LogP contribution in [0.1, 0.15) is 54.8 Å². The van der Waals surface area contributed by atoms with Gasteiger partial charge in [-0.05, 0) is 54.5 Å². The van der Waals surface area contributed by atoms with E-state index in [0.29, 0.717) is 6.61 Å². The maximum absolute atomic E-state index is 6.43. The molecule has 0 aliphatic heterocycles. The quantitative estimate of drug-likeness (QED) is 0.881. The smallest absolute Gasteiger partial charge is 0.119 e. The van der Waals surface area contributed by atoms with E-state index in [1.807, 2.05) is 19.1 Å². The van der Waals surface area contributed by atoms with Crippen molar-refractivity contribution in [2.75, 3.05) is 6.61 Å². The van der Waals surface area contributed by atoms with Gasteiger partial charge >= 0.3 is 0 Å². The Kier molecular flexibility index (Phi) is 4.26. The van der Waals surface area contributed by atoms with Gasteiger partial charge in [0.15, 0.2) is 0 Å². The van der Waals surface area contributed by atoms with Gasteiger partial charge in [-0.1, -0.05) is 42.8 Å². The normalized spacial score (nSPS) is 16.3. The molecule has 0 bridgehead atoms. The first kappa shape index (κ1) is 14.2. The first-order chi connectivity index (χ1) is 10.3. The number of hydrogen-bond donors (Lipinski definition) is 1. The van der Waals surface area contributed by atoms with Crippen molar-refractivity contribution in [3.63, 3.8) is 0 Å². The highest BCUT2D eigenvalue weighted by Gasteiger charge is 2.20. The fourth-order valence-corrected chi connectivity index (χ4v) is 2.88. The molecule has 1 aliphatic carbocycles. The molecule has 2 heteroatoms. The molecule has 2 aromatic carbocycles. The molecule has 0 saturated heterocycles. The van der Waals surface area contributed by atoms with Gasteiger partial charge in [-0.2, -0.15) is 0 Å². The predicted octanol–water partition coefficient (Wildman–Crippen LogP) is 4.40. The molecule has 21 heavy (non-hydrogen) atoms. The lowest BCUT2D eigenvalue weighted by molar-refractivity contribution is 0.340. The van der Waals surface area contributed by atoms with Crippen molar-refractivity contribution in [1.29, 1.82) is 0 Å². The Hall–Kier alpha value is -1.80. The highest BCUT2D eigenvalue weighted by atomic mass is 16.5. The fraction of sp³-hybridized carbons (Fsp3) is 0.368. The molecule has 3 rings (SSSR count). The van der Waals surface area contributed by atoms with Gasteiger partial charge in [-0.25, -0.2) is 0 Å². The second-order valence-corrected chi connectivity index (χ2v) is 5.78. The third kappa shape index (κ3) is 3.11. The highest BCUT2D eigenvalue weighted by Crippen LogP contribution is 2.37. The standard InChI is InChI=1S/C19H23NO/c1-2-21-18-11-9-15(10-12-18)19(20)17-8-4-7-16(13-17)14-5-3-6-14/h4,7-14,19H,2-3,5-6,20H2,1H3. The van der Waals surface area contributed by atoms with Gasteiger partial charge in [-0.3, -0.25) is 0 Å². The highest BCUT2D eigenvalue weighted by molar-refractivity contribution is 5.37. The Labute approximate surface area is 126 Å². The lowest BCUT2D eigenvalue weighted by Gasteiger charge is -2.26. The van der Waals surface area contributed by atoms with Gasteiger partial charge in [0.1, 0.15) is 5.75 Å². The topological polar surface area (TPSA) is 35.2 Å². The molecule has 1 fully saturated rings. The van der Waals surface area contributed by atoms with Crippen LogP contribution in [0.5, 0.6) is 5.75 Å². The Bertz CT molecular complexity index is 587. The van der Waals surface area contributed by atoms with Crippen LogP contribution in [0.25, 0.3) is 0 Å². The van der Waals surface area contributed by atoms with Crippen molar-refractivity contribution in [3.8, 4) is 5.75 Å². The summed E-state index contributed by atoms with van der Waals surface area (Å²) in [7, 11) is 0. The third-order valence-electron chi connectivity index (χ3n) is 4.40. The molecular formula is C19H23NO. The summed E-state index contributed by atoms with van der Waals surface area (Å²) < 4.78 is 5.48. The summed E-state index contributed by atoms with van der Waals surface area (Å²) in [6, 6.07) is 16.8. The second kappa shape index (κ2) is 6.31. The minimum atomic E-state index is -0.0688. The lowest BCUT2D eigenvalue weighted by Crippen LogP contribution is -2.14. The number of ether oxygens (including phenoxy) is 1. The maximum atomic E-state index is 6.43. The van der Waals surface area contributed by atoms with Crippen LogP contribution in [0.4, 0.5) is 0 Å².